The van der Waals surface area contributed by atoms with Gasteiger partial charge in [0.25, 0.3) is 0 Å². The molecule has 0 N–H and O–H groups in total. The summed E-state index contributed by atoms with van der Waals surface area (Å²) in [6, 6.07) is 22.5. The topological polar surface area (TPSA) is 78.9 Å². The van der Waals surface area contributed by atoms with E-state index in [0.29, 0.717) is 16.9 Å². The monoisotopic (exact) mass is 444 g/mol. The van der Waals surface area contributed by atoms with Crippen LogP contribution in [0, 0.1) is 0 Å². The Hall–Kier alpha value is -4.19. The molecule has 0 saturated carbocycles. The van der Waals surface area contributed by atoms with Crippen molar-refractivity contribution in [3.8, 4) is 11.5 Å². The van der Waals surface area contributed by atoms with Crippen molar-refractivity contribution in [3.05, 3.63) is 102 Å². The summed E-state index contributed by atoms with van der Waals surface area (Å²) < 4.78 is 15.7. The van der Waals surface area contributed by atoms with Gasteiger partial charge in [0.1, 0.15) is 24.7 Å². The van der Waals surface area contributed by atoms with Crippen molar-refractivity contribution in [2.24, 2.45) is 0 Å². The molecule has 0 atom stereocenters. The van der Waals surface area contributed by atoms with Crippen molar-refractivity contribution >= 4 is 23.6 Å². The van der Waals surface area contributed by atoms with E-state index in [2.05, 4.69) is 0 Å². The number of rotatable bonds is 11. The van der Waals surface area contributed by atoms with Gasteiger partial charge in [-0.25, -0.2) is 4.79 Å². The largest absolute Gasteiger partial charge is 0.497 e. The molecule has 0 aliphatic rings. The van der Waals surface area contributed by atoms with Crippen molar-refractivity contribution in [3.63, 3.8) is 0 Å². The van der Waals surface area contributed by atoms with E-state index in [1.807, 2.05) is 18.2 Å². The van der Waals surface area contributed by atoms with Gasteiger partial charge in [0.05, 0.1) is 13.5 Å². The van der Waals surface area contributed by atoms with E-state index in [0.717, 1.165) is 11.3 Å². The molecule has 0 fully saturated rings. The summed E-state index contributed by atoms with van der Waals surface area (Å²) >= 11 is 0. The standard InChI is InChI=1S/C27H24O6/c1-31-23-12-7-20(8-13-23)9-16-27(30)33-18-17-32-24-14-10-22(11-15-24)26(29)19-25(28)21-5-3-2-4-6-21/h2-16H,17-19H2,1H3. The van der Waals surface area contributed by atoms with Gasteiger partial charge in [-0.2, -0.15) is 0 Å². The molecule has 6 nitrogen and oxygen atoms in total. The molecule has 3 aromatic carbocycles. The first-order valence-corrected chi connectivity index (χ1v) is 10.4. The summed E-state index contributed by atoms with van der Waals surface area (Å²) in [5, 5.41) is 0. The van der Waals surface area contributed by atoms with Crippen molar-refractivity contribution in [1.82, 2.24) is 0 Å². The zero-order chi connectivity index (χ0) is 23.5. The number of esters is 1. The molecule has 0 amide bonds. The van der Waals surface area contributed by atoms with Gasteiger partial charge in [-0.1, -0.05) is 42.5 Å². The maximum Gasteiger partial charge on any atom is 0.330 e. The van der Waals surface area contributed by atoms with Crippen molar-refractivity contribution in [1.29, 1.82) is 0 Å². The average Bonchev–Trinajstić information content (AvgIpc) is 2.86. The summed E-state index contributed by atoms with van der Waals surface area (Å²) in [6.45, 7) is 0.250. The first-order chi connectivity index (χ1) is 16.0. The Labute approximate surface area is 192 Å². The Bertz CT molecular complexity index is 1100. The highest BCUT2D eigenvalue weighted by molar-refractivity contribution is 6.13. The highest BCUT2D eigenvalue weighted by Gasteiger charge is 2.13. The second kappa shape index (κ2) is 12.0. The van der Waals surface area contributed by atoms with Crippen LogP contribution in [0.25, 0.3) is 6.08 Å². The van der Waals surface area contributed by atoms with E-state index < -0.39 is 5.97 Å². The van der Waals surface area contributed by atoms with Gasteiger partial charge in [-0.15, -0.1) is 0 Å². The second-order valence-electron chi connectivity index (χ2n) is 7.04. The summed E-state index contributed by atoms with van der Waals surface area (Å²) in [6.07, 6.45) is 2.81. The number of hydrogen-bond donors (Lipinski definition) is 0. The Morgan fingerprint density at radius 3 is 1.97 bits per heavy atom. The molecule has 0 bridgehead atoms. The lowest BCUT2D eigenvalue weighted by molar-refractivity contribution is -0.138. The molecule has 0 aliphatic heterocycles. The molecule has 168 valence electrons. The highest BCUT2D eigenvalue weighted by Crippen LogP contribution is 2.15. The fraction of sp³-hybridized carbons (Fsp3) is 0.148. The van der Waals surface area contributed by atoms with Crippen LogP contribution in [0.2, 0.25) is 0 Å². The lowest BCUT2D eigenvalue weighted by Gasteiger charge is -2.07. The minimum absolute atomic E-state index is 0.0814. The summed E-state index contributed by atoms with van der Waals surface area (Å²) in [4.78, 5) is 36.3. The third-order valence-corrected chi connectivity index (χ3v) is 4.72. The SMILES string of the molecule is COc1ccc(C=CC(=O)OCCOc2ccc(C(=O)CC(=O)c3ccccc3)cc2)cc1. The Balaban J connectivity index is 1.39. The van der Waals surface area contributed by atoms with Crippen LogP contribution in [0.4, 0.5) is 0 Å². The van der Waals surface area contributed by atoms with Crippen LogP contribution in [0.3, 0.4) is 0 Å². The van der Waals surface area contributed by atoms with Gasteiger partial charge in [-0.3, -0.25) is 9.59 Å². The Kier molecular flexibility index (Phi) is 8.54. The maximum absolute atomic E-state index is 12.3. The number of Topliss-reactive ketones (excluding diaryl/α,β-unsaturated/α-hetero) is 2. The summed E-state index contributed by atoms with van der Waals surface area (Å²) in [5.74, 6) is 0.325. The van der Waals surface area contributed by atoms with E-state index in [-0.39, 0.29) is 31.2 Å². The molecule has 3 rings (SSSR count). The number of ether oxygens (including phenoxy) is 3. The normalized spacial score (nSPS) is 10.6. The molecule has 0 saturated heterocycles. The van der Waals surface area contributed by atoms with Gasteiger partial charge in [0, 0.05) is 17.2 Å². The Morgan fingerprint density at radius 2 is 1.33 bits per heavy atom. The minimum atomic E-state index is -0.474. The number of carbonyl (C=O) groups excluding carboxylic acids is 3. The molecule has 0 heterocycles. The van der Waals surface area contributed by atoms with Crippen LogP contribution in [-0.4, -0.2) is 37.9 Å². The van der Waals surface area contributed by atoms with Gasteiger partial charge in [0.15, 0.2) is 11.6 Å². The Morgan fingerprint density at radius 1 is 0.727 bits per heavy atom. The van der Waals surface area contributed by atoms with E-state index in [4.69, 9.17) is 14.2 Å². The van der Waals surface area contributed by atoms with Crippen LogP contribution >= 0.6 is 0 Å². The lowest BCUT2D eigenvalue weighted by atomic mass is 10.0. The van der Waals surface area contributed by atoms with Crippen LogP contribution in [0.1, 0.15) is 32.7 Å². The minimum Gasteiger partial charge on any atom is -0.497 e. The number of ketones is 2. The van der Waals surface area contributed by atoms with Crippen molar-refractivity contribution in [2.75, 3.05) is 20.3 Å². The quantitative estimate of drug-likeness (QED) is 0.139. The van der Waals surface area contributed by atoms with E-state index in [1.54, 1.807) is 73.8 Å². The van der Waals surface area contributed by atoms with Crippen molar-refractivity contribution < 1.29 is 28.6 Å². The van der Waals surface area contributed by atoms with E-state index in [9.17, 15) is 14.4 Å². The molecule has 0 aromatic heterocycles. The molecule has 33 heavy (non-hydrogen) atoms. The number of hydrogen-bond acceptors (Lipinski definition) is 6. The first kappa shape index (κ1) is 23.5. The lowest BCUT2D eigenvalue weighted by Crippen LogP contribution is -2.11. The summed E-state index contributed by atoms with van der Waals surface area (Å²) in [7, 11) is 1.59. The van der Waals surface area contributed by atoms with Gasteiger partial charge in [-0.05, 0) is 48.0 Å². The van der Waals surface area contributed by atoms with Gasteiger partial charge >= 0.3 is 5.97 Å². The van der Waals surface area contributed by atoms with Crippen LogP contribution < -0.4 is 9.47 Å². The zero-order valence-electron chi connectivity index (χ0n) is 18.2. The van der Waals surface area contributed by atoms with E-state index >= 15 is 0 Å². The molecule has 0 spiro atoms. The fourth-order valence-electron chi connectivity index (χ4n) is 2.94. The van der Waals surface area contributed by atoms with Gasteiger partial charge in [0.2, 0.25) is 0 Å². The molecular formula is C27H24O6. The molecule has 0 unspecified atom stereocenters. The molecule has 0 aliphatic carbocycles. The summed E-state index contributed by atoms with van der Waals surface area (Å²) in [5.41, 5.74) is 1.80. The van der Waals surface area contributed by atoms with Crippen LogP contribution in [0.15, 0.2) is 84.9 Å². The smallest absolute Gasteiger partial charge is 0.330 e. The molecule has 0 radical (unpaired) electrons. The molecular weight excluding hydrogens is 420 g/mol. The van der Waals surface area contributed by atoms with Crippen molar-refractivity contribution in [2.45, 2.75) is 6.42 Å². The third-order valence-electron chi connectivity index (χ3n) is 4.72. The predicted octanol–water partition coefficient (Wildman–Crippen LogP) is 4.79. The average molecular weight is 444 g/mol. The fourth-order valence-corrected chi connectivity index (χ4v) is 2.94. The first-order valence-electron chi connectivity index (χ1n) is 10.4. The van der Waals surface area contributed by atoms with Crippen LogP contribution in [-0.2, 0) is 9.53 Å². The maximum atomic E-state index is 12.3. The van der Waals surface area contributed by atoms with Crippen LogP contribution in [0.5, 0.6) is 11.5 Å². The number of carbonyl (C=O) groups is 3. The highest BCUT2D eigenvalue weighted by atomic mass is 16.6. The molecule has 3 aromatic rings. The third kappa shape index (κ3) is 7.47. The number of benzene rings is 3. The second-order valence-corrected chi connectivity index (χ2v) is 7.04. The number of methoxy groups -OCH3 is 1. The predicted molar refractivity (Wildman–Crippen MR) is 125 cm³/mol. The zero-order valence-corrected chi connectivity index (χ0v) is 18.2. The van der Waals surface area contributed by atoms with Gasteiger partial charge < -0.3 is 14.2 Å². The molecule has 6 heteroatoms. The van der Waals surface area contributed by atoms with E-state index in [1.165, 1.54) is 6.08 Å².